The van der Waals surface area contributed by atoms with E-state index in [-0.39, 0.29) is 12.6 Å². The van der Waals surface area contributed by atoms with Gasteiger partial charge in [0.05, 0.1) is 6.54 Å². The highest BCUT2D eigenvalue weighted by Gasteiger charge is 2.23. The van der Waals surface area contributed by atoms with Crippen molar-refractivity contribution in [3.05, 3.63) is 35.4 Å². The number of carbonyl (C=O) groups excluding carboxylic acids is 1. The van der Waals surface area contributed by atoms with Crippen LogP contribution < -0.4 is 5.32 Å². The Balaban J connectivity index is 1.88. The van der Waals surface area contributed by atoms with Crippen LogP contribution in [0, 0.1) is 0 Å². The van der Waals surface area contributed by atoms with E-state index in [0.717, 1.165) is 11.1 Å². The average Bonchev–Trinajstić information content (AvgIpc) is 2.79. The quantitative estimate of drug-likeness (QED) is 0.712. The summed E-state index contributed by atoms with van der Waals surface area (Å²) >= 11 is 0. The van der Waals surface area contributed by atoms with Gasteiger partial charge in [0.25, 0.3) is 0 Å². The van der Waals surface area contributed by atoms with E-state index in [0.29, 0.717) is 13.1 Å². The van der Waals surface area contributed by atoms with Gasteiger partial charge in [-0.1, -0.05) is 24.3 Å². The molecule has 0 spiro atoms. The molecular weight excluding hydrogens is 236 g/mol. The Labute approximate surface area is 104 Å². The Morgan fingerprint density at radius 2 is 1.83 bits per heavy atom. The number of aliphatic hydroxyl groups excluding tert-OH is 1. The normalized spacial score (nSPS) is 15.1. The van der Waals surface area contributed by atoms with Gasteiger partial charge in [-0.15, -0.1) is 0 Å². The van der Waals surface area contributed by atoms with E-state index >= 15 is 0 Å². The number of urea groups is 1. The third kappa shape index (κ3) is 2.60. The van der Waals surface area contributed by atoms with E-state index in [1.165, 1.54) is 0 Å². The lowest BCUT2D eigenvalue weighted by molar-refractivity contribution is -0.146. The van der Waals surface area contributed by atoms with Crippen molar-refractivity contribution in [2.45, 2.75) is 19.2 Å². The maximum absolute atomic E-state index is 11.8. The summed E-state index contributed by atoms with van der Waals surface area (Å²) in [7, 11) is 0. The van der Waals surface area contributed by atoms with Gasteiger partial charge in [-0.2, -0.15) is 0 Å². The zero-order chi connectivity index (χ0) is 13.1. The van der Waals surface area contributed by atoms with E-state index in [9.17, 15) is 9.59 Å². The Morgan fingerprint density at radius 3 is 2.33 bits per heavy atom. The van der Waals surface area contributed by atoms with Crippen molar-refractivity contribution in [2.24, 2.45) is 0 Å². The highest BCUT2D eigenvalue weighted by Crippen LogP contribution is 2.21. The van der Waals surface area contributed by atoms with E-state index < -0.39 is 12.1 Å². The molecule has 0 aliphatic carbocycles. The molecule has 0 saturated carbocycles. The highest BCUT2D eigenvalue weighted by molar-refractivity contribution is 5.77. The predicted molar refractivity (Wildman–Crippen MR) is 62.7 cm³/mol. The Hall–Kier alpha value is -2.08. The Morgan fingerprint density at radius 1 is 1.28 bits per heavy atom. The first-order valence-electron chi connectivity index (χ1n) is 5.58. The van der Waals surface area contributed by atoms with Crippen molar-refractivity contribution < 1.29 is 19.8 Å². The van der Waals surface area contributed by atoms with Crippen LogP contribution >= 0.6 is 0 Å². The van der Waals surface area contributed by atoms with Crippen molar-refractivity contribution in [3.8, 4) is 0 Å². The second kappa shape index (κ2) is 5.05. The predicted octanol–water partition coefficient (Wildman–Crippen LogP) is 0.157. The van der Waals surface area contributed by atoms with Crippen LogP contribution in [-0.4, -0.2) is 39.8 Å². The molecule has 1 unspecified atom stereocenters. The first-order valence-corrected chi connectivity index (χ1v) is 5.58. The SMILES string of the molecule is O=C(O)C(O)CNC(=O)N1Cc2ccccc2C1. The number of benzene rings is 1. The van der Waals surface area contributed by atoms with E-state index in [1.807, 2.05) is 24.3 Å². The number of aliphatic hydroxyl groups is 1. The largest absolute Gasteiger partial charge is 0.479 e. The molecule has 96 valence electrons. The van der Waals surface area contributed by atoms with E-state index in [4.69, 9.17) is 10.2 Å². The second-order valence-electron chi connectivity index (χ2n) is 4.16. The lowest BCUT2D eigenvalue weighted by Crippen LogP contribution is -2.42. The van der Waals surface area contributed by atoms with Crippen LogP contribution in [0.15, 0.2) is 24.3 Å². The van der Waals surface area contributed by atoms with Crippen LogP contribution in [0.1, 0.15) is 11.1 Å². The van der Waals surface area contributed by atoms with Crippen LogP contribution in [0.5, 0.6) is 0 Å². The molecule has 18 heavy (non-hydrogen) atoms. The third-order valence-corrected chi connectivity index (χ3v) is 2.86. The fraction of sp³-hybridized carbons (Fsp3) is 0.333. The molecule has 3 N–H and O–H groups in total. The minimum atomic E-state index is -1.57. The number of hydrogen-bond donors (Lipinski definition) is 3. The van der Waals surface area contributed by atoms with Gasteiger partial charge in [0.2, 0.25) is 0 Å². The zero-order valence-electron chi connectivity index (χ0n) is 9.67. The summed E-state index contributed by atoms with van der Waals surface area (Å²) in [4.78, 5) is 23.7. The number of hydrogen-bond acceptors (Lipinski definition) is 3. The topological polar surface area (TPSA) is 89.9 Å². The molecule has 1 aliphatic heterocycles. The Kier molecular flexibility index (Phi) is 3.47. The minimum Gasteiger partial charge on any atom is -0.479 e. The van der Waals surface area contributed by atoms with Gasteiger partial charge < -0.3 is 20.4 Å². The summed E-state index contributed by atoms with van der Waals surface area (Å²) in [6.07, 6.45) is -1.57. The molecule has 1 aromatic rings. The van der Waals surface area contributed by atoms with Gasteiger partial charge in [-0.3, -0.25) is 0 Å². The second-order valence-corrected chi connectivity index (χ2v) is 4.16. The molecule has 0 fully saturated rings. The molecule has 2 rings (SSSR count). The van der Waals surface area contributed by atoms with Crippen LogP contribution in [0.2, 0.25) is 0 Å². The third-order valence-electron chi connectivity index (χ3n) is 2.86. The summed E-state index contributed by atoms with van der Waals surface area (Å²) in [5.74, 6) is -1.35. The van der Waals surface area contributed by atoms with E-state index in [1.54, 1.807) is 4.90 Å². The summed E-state index contributed by atoms with van der Waals surface area (Å²) in [6.45, 7) is 0.720. The fourth-order valence-electron chi connectivity index (χ4n) is 1.86. The van der Waals surface area contributed by atoms with Crippen molar-refractivity contribution >= 4 is 12.0 Å². The van der Waals surface area contributed by atoms with Crippen LogP contribution in [0.25, 0.3) is 0 Å². The highest BCUT2D eigenvalue weighted by atomic mass is 16.4. The molecule has 6 heteroatoms. The molecule has 0 saturated heterocycles. The summed E-state index contributed by atoms with van der Waals surface area (Å²) in [6, 6.07) is 7.36. The number of carboxylic acids is 1. The monoisotopic (exact) mass is 250 g/mol. The summed E-state index contributed by atoms with van der Waals surface area (Å²) in [5.41, 5.74) is 2.18. The number of amides is 2. The Bertz CT molecular complexity index is 450. The van der Waals surface area contributed by atoms with Crippen molar-refractivity contribution in [1.29, 1.82) is 0 Å². The van der Waals surface area contributed by atoms with Gasteiger partial charge in [0, 0.05) is 13.1 Å². The lowest BCUT2D eigenvalue weighted by Gasteiger charge is -2.17. The van der Waals surface area contributed by atoms with Gasteiger partial charge in [0.1, 0.15) is 0 Å². The molecular formula is C12H14N2O4. The number of aliphatic carboxylic acids is 1. The number of nitrogens with one attached hydrogen (secondary N) is 1. The number of carboxylic acid groups (broad SMARTS) is 1. The molecule has 6 nitrogen and oxygen atoms in total. The van der Waals surface area contributed by atoms with Crippen LogP contribution in [-0.2, 0) is 17.9 Å². The fourth-order valence-corrected chi connectivity index (χ4v) is 1.86. The van der Waals surface area contributed by atoms with Crippen molar-refractivity contribution in [1.82, 2.24) is 10.2 Å². The van der Waals surface area contributed by atoms with E-state index in [2.05, 4.69) is 5.32 Å². The number of carbonyl (C=O) groups is 2. The van der Waals surface area contributed by atoms with Gasteiger partial charge in [-0.05, 0) is 11.1 Å². The average molecular weight is 250 g/mol. The maximum Gasteiger partial charge on any atom is 0.334 e. The first-order chi connectivity index (χ1) is 8.58. The smallest absolute Gasteiger partial charge is 0.334 e. The molecule has 1 heterocycles. The van der Waals surface area contributed by atoms with Crippen LogP contribution in [0.3, 0.4) is 0 Å². The van der Waals surface area contributed by atoms with Gasteiger partial charge >= 0.3 is 12.0 Å². The number of nitrogens with zero attached hydrogens (tertiary/aromatic N) is 1. The zero-order valence-corrected chi connectivity index (χ0v) is 9.67. The molecule has 1 aromatic carbocycles. The molecule has 0 bridgehead atoms. The van der Waals surface area contributed by atoms with Crippen LogP contribution in [0.4, 0.5) is 4.79 Å². The molecule has 0 radical (unpaired) electrons. The summed E-state index contributed by atoms with van der Waals surface area (Å²) in [5, 5.41) is 19.9. The first kappa shape index (κ1) is 12.4. The maximum atomic E-state index is 11.8. The molecule has 1 aliphatic rings. The minimum absolute atomic E-state index is 0.291. The standard InChI is InChI=1S/C12H14N2O4/c15-10(11(16)17)5-13-12(18)14-6-8-3-1-2-4-9(8)7-14/h1-4,10,15H,5-7H2,(H,13,18)(H,16,17). The van der Waals surface area contributed by atoms with Crippen molar-refractivity contribution in [2.75, 3.05) is 6.54 Å². The molecule has 1 atom stereocenters. The molecule has 0 aromatic heterocycles. The summed E-state index contributed by atoms with van der Waals surface area (Å²) < 4.78 is 0. The number of fused-ring (bicyclic) bond motifs is 1. The van der Waals surface area contributed by atoms with Crippen molar-refractivity contribution in [3.63, 3.8) is 0 Å². The lowest BCUT2D eigenvalue weighted by atomic mass is 10.1. The molecule has 2 amide bonds. The van der Waals surface area contributed by atoms with Gasteiger partial charge in [0.15, 0.2) is 6.10 Å². The van der Waals surface area contributed by atoms with Gasteiger partial charge in [-0.25, -0.2) is 9.59 Å². The number of rotatable bonds is 3.